The SMILES string of the molecule is CC/C=C\C/C=C\C/C=C\C/C=C\C/C=C\CCCCCCCC(=O)OCC(COP(=O)(O)OCC(O)COP(=O)(O)OCC(O)COC(=O)CCCCCCCCC/C=C\C/C=C\C/C=C\C/C=C\CCCCC)OC(=O)CCCCCCC/C=C\C/C=C\C/C=C\C/C=C\CCCCC. The van der Waals surface area contributed by atoms with E-state index in [-0.39, 0.29) is 19.3 Å². The summed E-state index contributed by atoms with van der Waals surface area (Å²) in [6.45, 7) is 2.44. The van der Waals surface area contributed by atoms with Crippen molar-refractivity contribution in [3.8, 4) is 0 Å². The van der Waals surface area contributed by atoms with Crippen LogP contribution < -0.4 is 0 Å². The number of unbranched alkanes of at least 4 members (excludes halogenated alkanes) is 23. The molecule has 0 radical (unpaired) electrons. The summed E-state index contributed by atoms with van der Waals surface area (Å²) in [6, 6.07) is 0. The van der Waals surface area contributed by atoms with Gasteiger partial charge >= 0.3 is 33.6 Å². The van der Waals surface area contributed by atoms with Gasteiger partial charge in [0.1, 0.15) is 25.4 Å². The van der Waals surface area contributed by atoms with Crippen LogP contribution in [0.5, 0.6) is 0 Å². The smallest absolute Gasteiger partial charge is 0.463 e. The van der Waals surface area contributed by atoms with Crippen molar-refractivity contribution in [1.82, 2.24) is 0 Å². The Bertz CT molecular complexity index is 2470. The minimum atomic E-state index is -4.95. The first-order valence-electron chi connectivity index (χ1n) is 38.8. The van der Waals surface area contributed by atoms with E-state index < -0.39 is 91.5 Å². The number of phosphoric ester groups is 2. The van der Waals surface area contributed by atoms with Gasteiger partial charge in [0, 0.05) is 19.3 Å². The van der Waals surface area contributed by atoms with Gasteiger partial charge in [-0.1, -0.05) is 275 Å². The van der Waals surface area contributed by atoms with Crippen molar-refractivity contribution in [3.63, 3.8) is 0 Å². The van der Waals surface area contributed by atoms with Crippen LogP contribution in [0, 0.1) is 0 Å². The van der Waals surface area contributed by atoms with Crippen LogP contribution >= 0.6 is 15.6 Å². The lowest BCUT2D eigenvalue weighted by molar-refractivity contribution is -0.161. The molecule has 18 heteroatoms. The Morgan fingerprint density at radius 3 is 0.832 bits per heavy atom. The van der Waals surface area contributed by atoms with Gasteiger partial charge in [-0.3, -0.25) is 32.5 Å². The number of rotatable bonds is 72. The van der Waals surface area contributed by atoms with Gasteiger partial charge in [-0.15, -0.1) is 0 Å². The Kier molecular flexibility index (Phi) is 71.3. The van der Waals surface area contributed by atoms with Gasteiger partial charge < -0.3 is 34.2 Å². The van der Waals surface area contributed by atoms with E-state index in [4.69, 9.17) is 32.3 Å². The first-order chi connectivity index (χ1) is 49.2. The average molecular weight is 1450 g/mol. The predicted octanol–water partition coefficient (Wildman–Crippen LogP) is 22.6. The summed E-state index contributed by atoms with van der Waals surface area (Å²) < 4.78 is 61.1. The van der Waals surface area contributed by atoms with Crippen molar-refractivity contribution < 1.29 is 75.8 Å². The summed E-state index contributed by atoms with van der Waals surface area (Å²) in [5.74, 6) is -1.63. The molecule has 576 valence electrons. The van der Waals surface area contributed by atoms with E-state index in [1.165, 1.54) is 44.9 Å². The standard InChI is InChI=1S/C83H138O16P2/c1-4-7-10-13-16-19-22-25-28-31-34-37-38-41-43-45-48-51-54-57-60-63-66-69-81(86)93-72-78(84)73-95-100(89,90)96-74-79(85)75-97-101(91,92)98-77-80(99-83(88)71-68-65-62-59-56-53-50-47-44-40-36-33-30-27-24-21-18-15-12-9-6-3)76-94-82(87)70-67-64-61-58-55-52-49-46-42-39-35-32-29-26-23-20-17-14-11-8-5-2/h8,11,16-21,25-30,34-37,39-41,43,46-47,49-50,78-80,84-85H,4-7,9-10,12-15,22-24,31-33,38,42,44-45,48,51-77H2,1-3H3,(H,89,90)(H,91,92)/b11-8-,19-16-,20-17-,21-18-,28-25-,29-26-,30-27-,37-34-,39-35-,40-36-,43-41-,49-46-,50-47-. The third-order valence-electron chi connectivity index (χ3n) is 15.7. The molecule has 0 aromatic rings. The van der Waals surface area contributed by atoms with E-state index >= 15 is 0 Å². The number of ether oxygens (including phenoxy) is 3. The molecule has 0 spiro atoms. The molecule has 0 bridgehead atoms. The Morgan fingerprint density at radius 1 is 0.287 bits per heavy atom. The number of phosphoric acid groups is 2. The molecule has 0 aliphatic rings. The number of aliphatic hydroxyl groups excluding tert-OH is 2. The predicted molar refractivity (Wildman–Crippen MR) is 417 cm³/mol. The minimum absolute atomic E-state index is 0.0726. The largest absolute Gasteiger partial charge is 0.472 e. The fourth-order valence-corrected chi connectivity index (χ4v) is 11.4. The molecule has 5 unspecified atom stereocenters. The van der Waals surface area contributed by atoms with Crippen LogP contribution in [0.2, 0.25) is 0 Å². The highest BCUT2D eigenvalue weighted by atomic mass is 31.2. The molecule has 0 heterocycles. The van der Waals surface area contributed by atoms with E-state index in [0.717, 1.165) is 186 Å². The zero-order chi connectivity index (χ0) is 73.7. The number of esters is 3. The molecule has 5 atom stereocenters. The van der Waals surface area contributed by atoms with Gasteiger partial charge in [0.25, 0.3) is 0 Å². The van der Waals surface area contributed by atoms with E-state index in [0.29, 0.717) is 19.3 Å². The van der Waals surface area contributed by atoms with Crippen LogP contribution in [0.15, 0.2) is 158 Å². The van der Waals surface area contributed by atoms with Crippen LogP contribution in [-0.2, 0) is 55.8 Å². The second-order valence-corrected chi connectivity index (χ2v) is 28.3. The molecular formula is C83H138O16P2. The maximum Gasteiger partial charge on any atom is 0.472 e. The monoisotopic (exact) mass is 1450 g/mol. The quantitative estimate of drug-likeness (QED) is 0.0146. The first kappa shape index (κ1) is 96.2. The fourth-order valence-electron chi connectivity index (χ4n) is 9.80. The Morgan fingerprint density at radius 2 is 0.525 bits per heavy atom. The molecular weight excluding hydrogens is 1310 g/mol. The van der Waals surface area contributed by atoms with Crippen LogP contribution in [0.4, 0.5) is 0 Å². The van der Waals surface area contributed by atoms with Crippen molar-refractivity contribution in [2.45, 2.75) is 309 Å². The van der Waals surface area contributed by atoms with Crippen molar-refractivity contribution in [1.29, 1.82) is 0 Å². The highest BCUT2D eigenvalue weighted by Crippen LogP contribution is 2.45. The molecule has 0 saturated heterocycles. The number of hydrogen-bond donors (Lipinski definition) is 4. The summed E-state index contributed by atoms with van der Waals surface area (Å²) in [7, 11) is -9.82. The molecule has 0 saturated carbocycles. The number of carbonyl (C=O) groups excluding carboxylic acids is 3. The summed E-state index contributed by atoms with van der Waals surface area (Å²) in [6.07, 6.45) is 92.7. The summed E-state index contributed by atoms with van der Waals surface area (Å²) >= 11 is 0. The van der Waals surface area contributed by atoms with E-state index in [1.807, 2.05) is 0 Å². The van der Waals surface area contributed by atoms with Gasteiger partial charge in [-0.25, -0.2) is 9.13 Å². The molecule has 0 aliphatic carbocycles. The second-order valence-electron chi connectivity index (χ2n) is 25.4. The lowest BCUT2D eigenvalue weighted by Crippen LogP contribution is -2.30. The maximum absolute atomic E-state index is 13.0. The van der Waals surface area contributed by atoms with Gasteiger partial charge in [-0.05, 0) is 154 Å². The maximum atomic E-state index is 13.0. The topological polar surface area (TPSA) is 231 Å². The number of allylic oxidation sites excluding steroid dienone is 26. The lowest BCUT2D eigenvalue weighted by atomic mass is 10.1. The van der Waals surface area contributed by atoms with Crippen LogP contribution in [0.1, 0.15) is 290 Å². The van der Waals surface area contributed by atoms with E-state index in [9.17, 15) is 43.5 Å². The van der Waals surface area contributed by atoms with Crippen LogP contribution in [-0.4, -0.2) is 95.9 Å². The van der Waals surface area contributed by atoms with Crippen molar-refractivity contribution in [3.05, 3.63) is 158 Å². The van der Waals surface area contributed by atoms with Crippen molar-refractivity contribution >= 4 is 33.6 Å². The van der Waals surface area contributed by atoms with Gasteiger partial charge in [-0.2, -0.15) is 0 Å². The molecule has 0 aliphatic heterocycles. The third kappa shape index (κ3) is 76.1. The summed E-state index contributed by atoms with van der Waals surface area (Å²) in [5, 5.41) is 20.6. The van der Waals surface area contributed by atoms with Gasteiger partial charge in [0.05, 0.1) is 26.4 Å². The van der Waals surface area contributed by atoms with Gasteiger partial charge in [0.15, 0.2) is 6.10 Å². The van der Waals surface area contributed by atoms with Crippen LogP contribution in [0.25, 0.3) is 0 Å². The Balaban J connectivity index is 4.76. The van der Waals surface area contributed by atoms with E-state index in [1.54, 1.807) is 0 Å². The Hall–Kier alpha value is -4.83. The zero-order valence-corrected chi connectivity index (χ0v) is 64.6. The van der Waals surface area contributed by atoms with Crippen molar-refractivity contribution in [2.24, 2.45) is 0 Å². The molecule has 4 N–H and O–H groups in total. The molecule has 0 aromatic heterocycles. The normalized spacial score (nSPS) is 14.9. The lowest BCUT2D eigenvalue weighted by Gasteiger charge is -2.21. The summed E-state index contributed by atoms with van der Waals surface area (Å²) in [5.41, 5.74) is 0. The molecule has 16 nitrogen and oxygen atoms in total. The molecule has 101 heavy (non-hydrogen) atoms. The third-order valence-corrected chi connectivity index (χ3v) is 17.6. The Labute approximate surface area is 612 Å². The number of aliphatic hydroxyl groups is 2. The number of hydrogen-bond acceptors (Lipinski definition) is 14. The molecule has 0 fully saturated rings. The van der Waals surface area contributed by atoms with Crippen molar-refractivity contribution in [2.75, 3.05) is 39.6 Å². The zero-order valence-electron chi connectivity index (χ0n) is 62.8. The fraction of sp³-hybridized carbons (Fsp3) is 0.651. The highest BCUT2D eigenvalue weighted by Gasteiger charge is 2.29. The van der Waals surface area contributed by atoms with Gasteiger partial charge in [0.2, 0.25) is 0 Å². The van der Waals surface area contributed by atoms with Crippen LogP contribution in [0.3, 0.4) is 0 Å². The molecule has 0 rings (SSSR count). The molecule has 0 aromatic carbocycles. The second kappa shape index (κ2) is 74.9. The highest BCUT2D eigenvalue weighted by molar-refractivity contribution is 7.47. The minimum Gasteiger partial charge on any atom is -0.463 e. The van der Waals surface area contributed by atoms with E-state index in [2.05, 4.69) is 179 Å². The average Bonchev–Trinajstić information content (AvgIpc) is 0.972. The summed E-state index contributed by atoms with van der Waals surface area (Å²) in [4.78, 5) is 58.7. The first-order valence-corrected chi connectivity index (χ1v) is 41.8. The molecule has 0 amide bonds. The number of carbonyl (C=O) groups is 3.